The van der Waals surface area contributed by atoms with Crippen LogP contribution < -0.4 is 4.74 Å². The van der Waals surface area contributed by atoms with Gasteiger partial charge in [0.15, 0.2) is 17.3 Å². The maximum atomic E-state index is 11.7. The highest BCUT2D eigenvalue weighted by atomic mass is 16.5. The van der Waals surface area contributed by atoms with Crippen LogP contribution in [-0.4, -0.2) is 18.0 Å². The van der Waals surface area contributed by atoms with Crippen LogP contribution in [0, 0.1) is 0 Å². The predicted octanol–water partition coefficient (Wildman–Crippen LogP) is 5.29. The Morgan fingerprint density at radius 2 is 1.87 bits per heavy atom. The summed E-state index contributed by atoms with van der Waals surface area (Å²) < 4.78 is 4.99. The molecule has 3 nitrogen and oxygen atoms in total. The van der Waals surface area contributed by atoms with Gasteiger partial charge < -0.3 is 9.84 Å². The molecule has 1 aromatic rings. The Morgan fingerprint density at radius 1 is 1.13 bits per heavy atom. The van der Waals surface area contributed by atoms with Crippen LogP contribution in [0.4, 0.5) is 0 Å². The van der Waals surface area contributed by atoms with Gasteiger partial charge in [0.25, 0.3) is 0 Å². The van der Waals surface area contributed by atoms with Gasteiger partial charge in [-0.2, -0.15) is 0 Å². The first-order chi connectivity index (χ1) is 11.2. The van der Waals surface area contributed by atoms with E-state index in [1.54, 1.807) is 30.4 Å². The molecule has 0 heterocycles. The van der Waals surface area contributed by atoms with Crippen LogP contribution in [0.5, 0.6) is 11.5 Å². The molecule has 0 amide bonds. The van der Waals surface area contributed by atoms with Gasteiger partial charge in [0.05, 0.1) is 7.11 Å². The predicted molar refractivity (Wildman–Crippen MR) is 95.8 cm³/mol. The second-order valence-electron chi connectivity index (χ2n) is 5.63. The van der Waals surface area contributed by atoms with Crippen molar-refractivity contribution in [3.05, 3.63) is 42.0 Å². The lowest BCUT2D eigenvalue weighted by Crippen LogP contribution is -1.92. The Morgan fingerprint density at radius 3 is 2.57 bits per heavy atom. The minimum atomic E-state index is 0.109. The van der Waals surface area contributed by atoms with Crippen LogP contribution in [0.15, 0.2) is 36.4 Å². The van der Waals surface area contributed by atoms with E-state index < -0.39 is 0 Å². The van der Waals surface area contributed by atoms with Crippen molar-refractivity contribution in [3.63, 3.8) is 0 Å². The SMILES string of the molecule is CCCCCCCCC(=O)C=CC=Cc1ccc(OC)c(O)c1. The molecule has 0 unspecified atom stereocenters. The van der Waals surface area contributed by atoms with Crippen molar-refractivity contribution < 1.29 is 14.6 Å². The van der Waals surface area contributed by atoms with Crippen LogP contribution in [0.1, 0.15) is 57.4 Å². The molecule has 0 aromatic heterocycles. The van der Waals surface area contributed by atoms with Crippen molar-refractivity contribution in [1.82, 2.24) is 0 Å². The molecule has 0 saturated heterocycles. The number of carbonyl (C=O) groups is 1. The first kappa shape index (κ1) is 19.0. The number of aromatic hydroxyl groups is 1. The first-order valence-electron chi connectivity index (χ1n) is 8.42. The lowest BCUT2D eigenvalue weighted by atomic mass is 10.1. The van der Waals surface area contributed by atoms with Gasteiger partial charge in [0.2, 0.25) is 0 Å². The summed E-state index contributed by atoms with van der Waals surface area (Å²) in [6.07, 6.45) is 14.8. The number of allylic oxidation sites excluding steroid dienone is 3. The van der Waals surface area contributed by atoms with E-state index >= 15 is 0 Å². The molecule has 0 aliphatic rings. The third kappa shape index (κ3) is 8.24. The highest BCUT2D eigenvalue weighted by Crippen LogP contribution is 2.26. The summed E-state index contributed by atoms with van der Waals surface area (Å²) in [4.78, 5) is 11.7. The molecule has 1 rings (SSSR count). The van der Waals surface area contributed by atoms with Gasteiger partial charge in [-0.3, -0.25) is 4.79 Å². The van der Waals surface area contributed by atoms with Crippen molar-refractivity contribution >= 4 is 11.9 Å². The summed E-state index contributed by atoms with van der Waals surface area (Å²) in [7, 11) is 1.52. The van der Waals surface area contributed by atoms with Gasteiger partial charge in [-0.05, 0) is 30.2 Å². The molecule has 3 heteroatoms. The number of carbonyl (C=O) groups excluding carboxylic acids is 1. The summed E-state index contributed by atoms with van der Waals surface area (Å²) in [5.41, 5.74) is 0.858. The third-order valence-electron chi connectivity index (χ3n) is 3.66. The number of hydrogen-bond acceptors (Lipinski definition) is 3. The number of methoxy groups -OCH3 is 1. The molecule has 0 fully saturated rings. The molecule has 0 aliphatic carbocycles. The monoisotopic (exact) mass is 316 g/mol. The number of unbranched alkanes of at least 4 members (excludes halogenated alkanes) is 5. The van der Waals surface area contributed by atoms with Crippen LogP contribution in [-0.2, 0) is 4.79 Å². The maximum absolute atomic E-state index is 11.7. The smallest absolute Gasteiger partial charge is 0.160 e. The van der Waals surface area contributed by atoms with Crippen LogP contribution >= 0.6 is 0 Å². The number of ketones is 1. The molecule has 126 valence electrons. The summed E-state index contributed by atoms with van der Waals surface area (Å²) in [5, 5.41) is 9.68. The average molecular weight is 316 g/mol. The molecule has 0 radical (unpaired) electrons. The van der Waals surface area contributed by atoms with E-state index in [1.165, 1.54) is 32.8 Å². The number of phenolic OH excluding ortho intramolecular Hbond substituents is 1. The Labute approximate surface area is 139 Å². The molecule has 0 atom stereocenters. The molecular formula is C20H28O3. The zero-order valence-corrected chi connectivity index (χ0v) is 14.3. The number of ether oxygens (including phenoxy) is 1. The summed E-state index contributed by atoms with van der Waals surface area (Å²) in [5.74, 6) is 0.729. The molecule has 0 aliphatic heterocycles. The zero-order valence-electron chi connectivity index (χ0n) is 14.3. The van der Waals surface area contributed by atoms with E-state index in [0.29, 0.717) is 12.2 Å². The van der Waals surface area contributed by atoms with Gasteiger partial charge in [0, 0.05) is 6.42 Å². The van der Waals surface area contributed by atoms with Crippen molar-refractivity contribution in [1.29, 1.82) is 0 Å². The number of benzene rings is 1. The summed E-state index contributed by atoms with van der Waals surface area (Å²) in [6, 6.07) is 5.19. The topological polar surface area (TPSA) is 46.5 Å². The second kappa shape index (κ2) is 11.5. The standard InChI is InChI=1S/C20H28O3/c1-3-4-5-6-7-8-12-18(21)13-10-9-11-17-14-15-20(23-2)19(22)16-17/h9-11,13-16,22H,3-8,12H2,1-2H3. The van der Waals surface area contributed by atoms with Gasteiger partial charge in [-0.1, -0.05) is 63.3 Å². The van der Waals surface area contributed by atoms with Crippen molar-refractivity contribution in [2.24, 2.45) is 0 Å². The number of hydrogen-bond donors (Lipinski definition) is 1. The van der Waals surface area contributed by atoms with Crippen molar-refractivity contribution in [3.8, 4) is 11.5 Å². The molecule has 1 N–H and O–H groups in total. The third-order valence-corrected chi connectivity index (χ3v) is 3.66. The number of rotatable bonds is 11. The van der Waals surface area contributed by atoms with Crippen molar-refractivity contribution in [2.75, 3.05) is 7.11 Å². The lowest BCUT2D eigenvalue weighted by Gasteiger charge is -2.02. The van der Waals surface area contributed by atoms with E-state index in [9.17, 15) is 9.90 Å². The number of phenols is 1. The van der Waals surface area contributed by atoms with Gasteiger partial charge in [-0.25, -0.2) is 0 Å². The van der Waals surface area contributed by atoms with Gasteiger partial charge in [-0.15, -0.1) is 0 Å². The Bertz CT molecular complexity index is 530. The summed E-state index contributed by atoms with van der Waals surface area (Å²) in [6.45, 7) is 2.20. The minimum absolute atomic E-state index is 0.109. The van der Waals surface area contributed by atoms with E-state index in [4.69, 9.17) is 4.74 Å². The highest BCUT2D eigenvalue weighted by Gasteiger charge is 2.00. The fourth-order valence-electron chi connectivity index (χ4n) is 2.30. The quantitative estimate of drug-likeness (QED) is 0.343. The normalized spacial score (nSPS) is 11.4. The van der Waals surface area contributed by atoms with E-state index in [2.05, 4.69) is 6.92 Å². The fraction of sp³-hybridized carbons (Fsp3) is 0.450. The first-order valence-corrected chi connectivity index (χ1v) is 8.42. The Balaban J connectivity index is 2.29. The maximum Gasteiger partial charge on any atom is 0.160 e. The Kier molecular flexibility index (Phi) is 9.53. The van der Waals surface area contributed by atoms with Crippen LogP contribution in [0.25, 0.3) is 6.08 Å². The zero-order chi connectivity index (χ0) is 16.9. The lowest BCUT2D eigenvalue weighted by molar-refractivity contribution is -0.114. The highest BCUT2D eigenvalue weighted by molar-refractivity contribution is 5.89. The summed E-state index contributed by atoms with van der Waals surface area (Å²) >= 11 is 0. The molecular weight excluding hydrogens is 288 g/mol. The average Bonchev–Trinajstić information content (AvgIpc) is 2.55. The van der Waals surface area contributed by atoms with E-state index in [0.717, 1.165) is 18.4 Å². The van der Waals surface area contributed by atoms with Crippen LogP contribution in [0.3, 0.4) is 0 Å². The largest absolute Gasteiger partial charge is 0.504 e. The molecule has 1 aromatic carbocycles. The molecule has 23 heavy (non-hydrogen) atoms. The fourth-order valence-corrected chi connectivity index (χ4v) is 2.30. The van der Waals surface area contributed by atoms with E-state index in [1.807, 2.05) is 12.1 Å². The van der Waals surface area contributed by atoms with Crippen molar-refractivity contribution in [2.45, 2.75) is 51.9 Å². The minimum Gasteiger partial charge on any atom is -0.504 e. The van der Waals surface area contributed by atoms with E-state index in [-0.39, 0.29) is 11.5 Å². The van der Waals surface area contributed by atoms with Gasteiger partial charge >= 0.3 is 0 Å². The molecule has 0 spiro atoms. The Hall–Kier alpha value is -2.03. The van der Waals surface area contributed by atoms with Crippen LogP contribution in [0.2, 0.25) is 0 Å². The van der Waals surface area contributed by atoms with Gasteiger partial charge in [0.1, 0.15) is 0 Å². The second-order valence-corrected chi connectivity index (χ2v) is 5.63. The molecule has 0 bridgehead atoms. The molecule has 0 saturated carbocycles.